The number of nitrogens with zero attached hydrogens (tertiary/aromatic N) is 1. The lowest BCUT2D eigenvalue weighted by molar-refractivity contribution is -0.137. The lowest BCUT2D eigenvalue weighted by atomic mass is 9.95. The molecule has 0 radical (unpaired) electrons. The molecule has 0 saturated carbocycles. The summed E-state index contributed by atoms with van der Waals surface area (Å²) in [7, 11) is 0. The number of amides is 2. The average molecular weight is 343 g/mol. The molecule has 6 heteroatoms. The van der Waals surface area contributed by atoms with Crippen molar-refractivity contribution >= 4 is 40.7 Å². The lowest BCUT2D eigenvalue weighted by Crippen LogP contribution is -2.43. The van der Waals surface area contributed by atoms with Crippen LogP contribution >= 0.6 is 23.2 Å². The third kappa shape index (κ3) is 3.93. The van der Waals surface area contributed by atoms with Crippen molar-refractivity contribution in [2.75, 3.05) is 18.4 Å². The molecular formula is C16H20Cl2N2O2. The van der Waals surface area contributed by atoms with Crippen molar-refractivity contribution in [3.8, 4) is 0 Å². The quantitative estimate of drug-likeness (QED) is 0.907. The van der Waals surface area contributed by atoms with Gasteiger partial charge in [-0.3, -0.25) is 9.59 Å². The molecule has 0 atom stereocenters. The summed E-state index contributed by atoms with van der Waals surface area (Å²) >= 11 is 12.0. The van der Waals surface area contributed by atoms with Gasteiger partial charge in [-0.1, -0.05) is 43.1 Å². The summed E-state index contributed by atoms with van der Waals surface area (Å²) < 4.78 is 0. The van der Waals surface area contributed by atoms with Gasteiger partial charge in [-0.15, -0.1) is 0 Å². The number of piperidine rings is 1. The van der Waals surface area contributed by atoms with Crippen LogP contribution < -0.4 is 5.32 Å². The van der Waals surface area contributed by atoms with Crippen LogP contribution in [0.15, 0.2) is 18.2 Å². The molecule has 1 fully saturated rings. The van der Waals surface area contributed by atoms with E-state index in [0.29, 0.717) is 41.7 Å². The second-order valence-electron chi connectivity index (χ2n) is 5.84. The minimum atomic E-state index is -0.105. The Labute approximate surface area is 140 Å². The lowest BCUT2D eigenvalue weighted by Gasteiger charge is -2.32. The molecule has 0 aliphatic carbocycles. The molecule has 0 spiro atoms. The number of likely N-dealkylation sites (tertiary alicyclic amines) is 1. The number of nitrogens with one attached hydrogen (secondary N) is 1. The number of rotatable bonds is 3. The maximum atomic E-state index is 12.3. The number of hydrogen-bond donors (Lipinski definition) is 1. The van der Waals surface area contributed by atoms with E-state index in [1.807, 2.05) is 18.7 Å². The minimum Gasteiger partial charge on any atom is -0.342 e. The molecule has 4 nitrogen and oxygen atoms in total. The zero-order valence-electron chi connectivity index (χ0n) is 12.7. The first kappa shape index (κ1) is 17.1. The topological polar surface area (TPSA) is 49.4 Å². The van der Waals surface area contributed by atoms with Crippen LogP contribution in [0.2, 0.25) is 10.0 Å². The standard InChI is InChI=1S/C16H20Cl2N2O2/c1-10(2)16(22)20-8-6-11(7-9-20)15(21)19-13-5-3-4-12(17)14(13)18/h3-5,10-11H,6-9H2,1-2H3,(H,19,21). The molecule has 1 aliphatic rings. The normalized spacial score (nSPS) is 16.0. The highest BCUT2D eigenvalue weighted by atomic mass is 35.5. The number of benzene rings is 1. The molecule has 0 bridgehead atoms. The Morgan fingerprint density at radius 2 is 1.86 bits per heavy atom. The maximum absolute atomic E-state index is 12.3. The first-order chi connectivity index (χ1) is 10.4. The van der Waals surface area contributed by atoms with E-state index >= 15 is 0 Å². The van der Waals surface area contributed by atoms with Crippen molar-refractivity contribution in [3.05, 3.63) is 28.2 Å². The zero-order valence-corrected chi connectivity index (χ0v) is 14.2. The monoisotopic (exact) mass is 342 g/mol. The molecule has 2 rings (SSSR count). The molecule has 0 unspecified atom stereocenters. The number of carbonyl (C=O) groups excluding carboxylic acids is 2. The first-order valence-corrected chi connectivity index (χ1v) is 8.19. The second-order valence-corrected chi connectivity index (χ2v) is 6.63. The van der Waals surface area contributed by atoms with Crippen LogP contribution in [0.1, 0.15) is 26.7 Å². The Morgan fingerprint density at radius 3 is 2.45 bits per heavy atom. The van der Waals surface area contributed by atoms with Crippen LogP contribution in [0.3, 0.4) is 0 Å². The fourth-order valence-corrected chi connectivity index (χ4v) is 2.91. The number of anilines is 1. The van der Waals surface area contributed by atoms with Crippen molar-refractivity contribution < 1.29 is 9.59 Å². The third-order valence-corrected chi connectivity index (χ3v) is 4.70. The highest BCUT2D eigenvalue weighted by Gasteiger charge is 2.28. The Hall–Kier alpha value is -1.26. The van der Waals surface area contributed by atoms with Gasteiger partial charge in [0.15, 0.2) is 0 Å². The molecule has 2 amide bonds. The molecule has 1 aliphatic heterocycles. The molecule has 1 heterocycles. The summed E-state index contributed by atoms with van der Waals surface area (Å²) in [6.45, 7) is 5.03. The Bertz CT molecular complexity index is 567. The van der Waals surface area contributed by atoms with Gasteiger partial charge in [0, 0.05) is 24.9 Å². The fraction of sp³-hybridized carbons (Fsp3) is 0.500. The van der Waals surface area contributed by atoms with Crippen molar-refractivity contribution in [2.24, 2.45) is 11.8 Å². The number of carbonyl (C=O) groups is 2. The van der Waals surface area contributed by atoms with Crippen LogP contribution in [0.4, 0.5) is 5.69 Å². The largest absolute Gasteiger partial charge is 0.342 e. The molecule has 1 N–H and O–H groups in total. The van der Waals surface area contributed by atoms with Crippen LogP contribution in [-0.4, -0.2) is 29.8 Å². The number of halogens is 2. The molecule has 22 heavy (non-hydrogen) atoms. The van der Waals surface area contributed by atoms with E-state index in [0.717, 1.165) is 0 Å². The summed E-state index contributed by atoms with van der Waals surface area (Å²) in [5.41, 5.74) is 0.528. The Morgan fingerprint density at radius 1 is 1.23 bits per heavy atom. The Kier molecular flexibility index (Phi) is 5.70. The van der Waals surface area contributed by atoms with Gasteiger partial charge in [-0.2, -0.15) is 0 Å². The summed E-state index contributed by atoms with van der Waals surface area (Å²) in [5, 5.41) is 3.59. The van der Waals surface area contributed by atoms with Crippen LogP contribution in [-0.2, 0) is 9.59 Å². The van der Waals surface area contributed by atoms with Crippen molar-refractivity contribution in [1.29, 1.82) is 0 Å². The smallest absolute Gasteiger partial charge is 0.227 e. The predicted molar refractivity (Wildman–Crippen MR) is 89.2 cm³/mol. The third-order valence-electron chi connectivity index (χ3n) is 3.88. The minimum absolute atomic E-state index is 0.00403. The van der Waals surface area contributed by atoms with Crippen molar-refractivity contribution in [1.82, 2.24) is 4.90 Å². The van der Waals surface area contributed by atoms with Crippen LogP contribution in [0.5, 0.6) is 0 Å². The van der Waals surface area contributed by atoms with Gasteiger partial charge in [-0.25, -0.2) is 0 Å². The van der Waals surface area contributed by atoms with Crippen LogP contribution in [0, 0.1) is 11.8 Å². The fourth-order valence-electron chi connectivity index (χ4n) is 2.56. The van der Waals surface area contributed by atoms with E-state index in [2.05, 4.69) is 5.32 Å². The first-order valence-electron chi connectivity index (χ1n) is 7.43. The van der Waals surface area contributed by atoms with E-state index in [-0.39, 0.29) is 23.7 Å². The SMILES string of the molecule is CC(C)C(=O)N1CCC(C(=O)Nc2cccc(Cl)c2Cl)CC1. The van der Waals surface area contributed by atoms with Gasteiger partial charge < -0.3 is 10.2 Å². The van der Waals surface area contributed by atoms with Gasteiger partial charge in [0.1, 0.15) is 0 Å². The van der Waals surface area contributed by atoms with E-state index in [4.69, 9.17) is 23.2 Å². The second kappa shape index (κ2) is 7.34. The van der Waals surface area contributed by atoms with E-state index in [1.54, 1.807) is 18.2 Å². The van der Waals surface area contributed by atoms with Gasteiger partial charge >= 0.3 is 0 Å². The average Bonchev–Trinajstić information content (AvgIpc) is 2.51. The van der Waals surface area contributed by atoms with Gasteiger partial charge in [-0.05, 0) is 25.0 Å². The zero-order chi connectivity index (χ0) is 16.3. The van der Waals surface area contributed by atoms with Crippen LogP contribution in [0.25, 0.3) is 0 Å². The summed E-state index contributed by atoms with van der Waals surface area (Å²) in [5.74, 6) is -0.0283. The molecule has 1 saturated heterocycles. The van der Waals surface area contributed by atoms with Gasteiger partial charge in [0.05, 0.1) is 15.7 Å². The molecule has 1 aromatic carbocycles. The van der Waals surface area contributed by atoms with Crippen molar-refractivity contribution in [3.63, 3.8) is 0 Å². The summed E-state index contributed by atoms with van der Waals surface area (Å²) in [4.78, 5) is 26.1. The predicted octanol–water partition coefficient (Wildman–Crippen LogP) is 3.83. The summed E-state index contributed by atoms with van der Waals surface area (Å²) in [6, 6.07) is 5.15. The molecule has 120 valence electrons. The molecule has 0 aromatic heterocycles. The summed E-state index contributed by atoms with van der Waals surface area (Å²) in [6.07, 6.45) is 1.34. The molecule has 1 aromatic rings. The van der Waals surface area contributed by atoms with E-state index in [9.17, 15) is 9.59 Å². The highest BCUT2D eigenvalue weighted by molar-refractivity contribution is 6.44. The maximum Gasteiger partial charge on any atom is 0.227 e. The number of hydrogen-bond acceptors (Lipinski definition) is 2. The Balaban J connectivity index is 1.93. The van der Waals surface area contributed by atoms with Gasteiger partial charge in [0.2, 0.25) is 11.8 Å². The highest BCUT2D eigenvalue weighted by Crippen LogP contribution is 2.30. The molecular weight excluding hydrogens is 323 g/mol. The van der Waals surface area contributed by atoms with E-state index in [1.165, 1.54) is 0 Å². The van der Waals surface area contributed by atoms with Crippen molar-refractivity contribution in [2.45, 2.75) is 26.7 Å². The van der Waals surface area contributed by atoms with Gasteiger partial charge in [0.25, 0.3) is 0 Å². The van der Waals surface area contributed by atoms with E-state index < -0.39 is 0 Å².